The third kappa shape index (κ3) is 1450. The van der Waals surface area contributed by atoms with E-state index < -0.39 is 12.9 Å². The summed E-state index contributed by atoms with van der Waals surface area (Å²) in [5, 5.41) is 16.5. The van der Waals surface area contributed by atoms with Crippen molar-refractivity contribution in [1.82, 2.24) is 0 Å². The first kappa shape index (κ1) is 33.9. The van der Waals surface area contributed by atoms with Gasteiger partial charge in [0.05, 0.1) is 0 Å². The molecule has 0 bridgehead atoms. The average molecular weight is 138 g/mol. The molecule has 0 fully saturated rings. The minimum absolute atomic E-state index is 0. The number of carbonyl (C=O) groups is 2. The van der Waals surface area contributed by atoms with E-state index in [1.54, 1.807) is 0 Å². The van der Waals surface area contributed by atoms with Crippen molar-refractivity contribution in [3.05, 3.63) is 0 Å². The van der Waals surface area contributed by atoms with Gasteiger partial charge in [-0.05, 0) is 0 Å². The van der Waals surface area contributed by atoms with Gasteiger partial charge in [-0.25, -0.2) is 0 Å². The predicted molar refractivity (Wildman–Crippen MR) is 15.7 cm³/mol. The normalized spacial score (nSPS) is 2.67. The van der Waals surface area contributed by atoms with Crippen LogP contribution in [0.4, 0.5) is 0 Å². The SMILES string of the molecule is O.O=C[O-].O=C[O-].[Li+].[Na+]. The van der Waals surface area contributed by atoms with E-state index in [4.69, 9.17) is 19.8 Å². The Hall–Kier alpha value is 0.497. The van der Waals surface area contributed by atoms with Crippen LogP contribution in [0, 0.1) is 0 Å². The molecular formula is C2H4LiNaO5. The van der Waals surface area contributed by atoms with E-state index in [1.807, 2.05) is 0 Å². The second-order valence-electron chi connectivity index (χ2n) is 0.192. The molecule has 9 heavy (non-hydrogen) atoms. The third-order valence-corrected chi connectivity index (χ3v) is 0. The summed E-state index contributed by atoms with van der Waals surface area (Å²) in [6, 6.07) is 0. The fourth-order valence-corrected chi connectivity index (χ4v) is 0. The smallest absolute Gasteiger partial charge is 0.554 e. The van der Waals surface area contributed by atoms with Gasteiger partial charge >= 0.3 is 48.4 Å². The minimum atomic E-state index is -0.500. The van der Waals surface area contributed by atoms with Gasteiger partial charge in [0.15, 0.2) is 0 Å². The molecule has 0 spiro atoms. The van der Waals surface area contributed by atoms with Crippen LogP contribution >= 0.6 is 0 Å². The molecule has 0 aliphatic rings. The molecule has 0 aromatic rings. The van der Waals surface area contributed by atoms with Gasteiger partial charge < -0.3 is 25.3 Å². The number of carbonyl (C=O) groups excluding carboxylic acids is 2. The second-order valence-corrected chi connectivity index (χ2v) is 0.192. The fraction of sp³-hybridized carbons (Fsp3) is 0. The average Bonchev–Trinajstić information content (AvgIpc) is 1.39. The zero-order chi connectivity index (χ0) is 5.41. The molecule has 0 heterocycles. The minimum Gasteiger partial charge on any atom is -0.554 e. The zero-order valence-corrected chi connectivity index (χ0v) is 7.29. The summed E-state index contributed by atoms with van der Waals surface area (Å²) >= 11 is 0. The van der Waals surface area contributed by atoms with Crippen LogP contribution in [0.25, 0.3) is 0 Å². The van der Waals surface area contributed by atoms with E-state index in [1.165, 1.54) is 0 Å². The quantitative estimate of drug-likeness (QED) is 0.244. The molecule has 0 saturated carbocycles. The van der Waals surface area contributed by atoms with Crippen molar-refractivity contribution in [2.45, 2.75) is 0 Å². The molecule has 2 N–H and O–H groups in total. The topological polar surface area (TPSA) is 112 Å². The van der Waals surface area contributed by atoms with Gasteiger partial charge in [0.25, 0.3) is 0 Å². The van der Waals surface area contributed by atoms with Crippen molar-refractivity contribution in [3.63, 3.8) is 0 Å². The van der Waals surface area contributed by atoms with Gasteiger partial charge in [-0.1, -0.05) is 0 Å². The number of hydrogen-bond acceptors (Lipinski definition) is 4. The Bertz CT molecular complexity index is 35.9. The number of hydrogen-bond donors (Lipinski definition) is 0. The summed E-state index contributed by atoms with van der Waals surface area (Å²) in [6.45, 7) is -1.00. The fourth-order valence-electron chi connectivity index (χ4n) is 0. The van der Waals surface area contributed by atoms with Crippen LogP contribution in [0.1, 0.15) is 0 Å². The second kappa shape index (κ2) is 76.6. The standard InChI is InChI=1S/2CH2O2.Li.Na.H2O/c2*2-1-3;;;/h2*1H,(H,2,3);;;1H2/q;;2*+1;/p-2. The Balaban J connectivity index is -0.00000000889. The Kier molecular flexibility index (Phi) is 288. The largest absolute Gasteiger partial charge is 1.00 e. The summed E-state index contributed by atoms with van der Waals surface area (Å²) in [5.74, 6) is 0. The molecule has 0 amide bonds. The van der Waals surface area contributed by atoms with E-state index in [0.717, 1.165) is 0 Å². The first-order valence-electron chi connectivity index (χ1n) is 0.943. The van der Waals surface area contributed by atoms with Crippen LogP contribution in [0.2, 0.25) is 0 Å². The molecule has 0 atom stereocenters. The van der Waals surface area contributed by atoms with Gasteiger partial charge in [0.1, 0.15) is 0 Å². The molecule has 44 valence electrons. The van der Waals surface area contributed by atoms with E-state index in [-0.39, 0.29) is 53.9 Å². The van der Waals surface area contributed by atoms with E-state index in [2.05, 4.69) is 0 Å². The molecule has 0 saturated heterocycles. The van der Waals surface area contributed by atoms with Crippen molar-refractivity contribution >= 4 is 12.9 Å². The summed E-state index contributed by atoms with van der Waals surface area (Å²) in [4.78, 5) is 16.5. The first-order chi connectivity index (χ1) is 2.83. The van der Waals surface area contributed by atoms with Crippen molar-refractivity contribution in [2.75, 3.05) is 0 Å². The van der Waals surface area contributed by atoms with Crippen LogP contribution < -0.4 is 58.6 Å². The zero-order valence-electron chi connectivity index (χ0n) is 5.29. The van der Waals surface area contributed by atoms with Crippen molar-refractivity contribution in [1.29, 1.82) is 0 Å². The predicted octanol–water partition coefficient (Wildman–Crippen LogP) is -10.1. The van der Waals surface area contributed by atoms with E-state index in [0.29, 0.717) is 0 Å². The Morgan fingerprint density at radius 1 is 1.00 bits per heavy atom. The molecule has 5 nitrogen and oxygen atoms in total. The molecule has 0 radical (unpaired) electrons. The van der Waals surface area contributed by atoms with Crippen LogP contribution in [0.15, 0.2) is 0 Å². The Morgan fingerprint density at radius 3 is 1.00 bits per heavy atom. The number of carboxylic acid groups (broad SMARTS) is 2. The summed E-state index contributed by atoms with van der Waals surface area (Å²) < 4.78 is 0. The van der Waals surface area contributed by atoms with Crippen LogP contribution in [0.5, 0.6) is 0 Å². The van der Waals surface area contributed by atoms with E-state index >= 15 is 0 Å². The van der Waals surface area contributed by atoms with Crippen LogP contribution in [-0.4, -0.2) is 18.4 Å². The summed E-state index contributed by atoms with van der Waals surface area (Å²) in [7, 11) is 0. The number of rotatable bonds is 0. The molecule has 0 aromatic heterocycles. The van der Waals surface area contributed by atoms with Crippen LogP contribution in [-0.2, 0) is 9.59 Å². The molecule has 0 aliphatic carbocycles. The van der Waals surface area contributed by atoms with Crippen molar-refractivity contribution < 1.29 is 73.7 Å². The molecule has 0 rings (SSSR count). The maximum absolute atomic E-state index is 8.25. The molecule has 7 heteroatoms. The molecule has 0 aromatic carbocycles. The molecular weight excluding hydrogens is 134 g/mol. The summed E-state index contributed by atoms with van der Waals surface area (Å²) in [6.07, 6.45) is 0. The maximum Gasteiger partial charge on any atom is 1.00 e. The van der Waals surface area contributed by atoms with Gasteiger partial charge in [0, 0.05) is 12.9 Å². The van der Waals surface area contributed by atoms with Gasteiger partial charge in [0.2, 0.25) is 0 Å². The first-order valence-corrected chi connectivity index (χ1v) is 0.943. The monoisotopic (exact) mass is 138 g/mol. The summed E-state index contributed by atoms with van der Waals surface area (Å²) in [5.41, 5.74) is 0. The van der Waals surface area contributed by atoms with Gasteiger partial charge in [-0.15, -0.1) is 0 Å². The van der Waals surface area contributed by atoms with Gasteiger partial charge in [-0.3, -0.25) is 0 Å². The van der Waals surface area contributed by atoms with Crippen molar-refractivity contribution in [2.24, 2.45) is 0 Å². The van der Waals surface area contributed by atoms with E-state index in [9.17, 15) is 0 Å². The van der Waals surface area contributed by atoms with Crippen molar-refractivity contribution in [3.8, 4) is 0 Å². The third-order valence-electron chi connectivity index (χ3n) is 0. The Morgan fingerprint density at radius 2 is 1.00 bits per heavy atom. The molecule has 0 unspecified atom stereocenters. The maximum atomic E-state index is 8.25. The molecule has 0 aliphatic heterocycles. The van der Waals surface area contributed by atoms with Gasteiger partial charge in [-0.2, -0.15) is 0 Å². The van der Waals surface area contributed by atoms with Crippen LogP contribution in [0.3, 0.4) is 0 Å². The Labute approximate surface area is 86.2 Å².